The van der Waals surface area contributed by atoms with Gasteiger partial charge in [0.25, 0.3) is 0 Å². The molecule has 16 heavy (non-hydrogen) atoms. The Labute approximate surface area is 97.1 Å². The summed E-state index contributed by atoms with van der Waals surface area (Å²) in [5.41, 5.74) is 2.28. The molecule has 0 radical (unpaired) electrons. The molecule has 2 heteroatoms. The highest BCUT2D eigenvalue weighted by atomic mass is 16.1. The van der Waals surface area contributed by atoms with Crippen LogP contribution in [0.2, 0.25) is 0 Å². The highest BCUT2D eigenvalue weighted by molar-refractivity contribution is 5.94. The van der Waals surface area contributed by atoms with Crippen molar-refractivity contribution in [3.63, 3.8) is 0 Å². The van der Waals surface area contributed by atoms with Crippen LogP contribution in [0.15, 0.2) is 24.3 Å². The molecule has 2 rings (SSSR count). The van der Waals surface area contributed by atoms with Crippen LogP contribution in [0.5, 0.6) is 0 Å². The molecule has 0 aliphatic carbocycles. The van der Waals surface area contributed by atoms with E-state index >= 15 is 0 Å². The lowest BCUT2D eigenvalue weighted by Gasteiger charge is -2.11. The summed E-state index contributed by atoms with van der Waals surface area (Å²) >= 11 is 0. The number of hydrogen-bond acceptors (Lipinski definition) is 1. The Bertz CT molecular complexity index is 373. The fraction of sp³-hybridized carbons (Fsp3) is 0.500. The molecule has 1 unspecified atom stereocenters. The number of carbonyl (C=O) groups is 1. The highest BCUT2D eigenvalue weighted by Gasteiger charge is 2.22. The number of benzene rings is 1. The number of fused-ring (bicyclic) bond motifs is 1. The summed E-state index contributed by atoms with van der Waals surface area (Å²) in [5.74, 6) is 0.408. The average Bonchev–Trinajstić information content (AvgIpc) is 2.45. The summed E-state index contributed by atoms with van der Waals surface area (Å²) in [4.78, 5) is 12.0. The summed E-state index contributed by atoms with van der Waals surface area (Å²) in [6.07, 6.45) is 5.34. The number of amides is 1. The van der Waals surface area contributed by atoms with E-state index in [4.69, 9.17) is 0 Å². The number of aryl methyl sites for hydroxylation is 1. The number of nitrogens with one attached hydrogen (secondary N) is 1. The van der Waals surface area contributed by atoms with Gasteiger partial charge in [-0.05, 0) is 30.9 Å². The lowest BCUT2D eigenvalue weighted by Crippen LogP contribution is -2.21. The molecule has 1 atom stereocenters. The van der Waals surface area contributed by atoms with Gasteiger partial charge in [0, 0.05) is 11.6 Å². The number of rotatable bonds is 3. The molecular formula is C14H19NO. The number of carbonyl (C=O) groups excluding carboxylic acids is 1. The van der Waals surface area contributed by atoms with E-state index in [-0.39, 0.29) is 11.8 Å². The first-order valence-corrected chi connectivity index (χ1v) is 6.20. The number of anilines is 1. The minimum atomic E-state index is 0.201. The van der Waals surface area contributed by atoms with Gasteiger partial charge in [0.1, 0.15) is 0 Å². The van der Waals surface area contributed by atoms with Crippen LogP contribution in [-0.2, 0) is 11.2 Å². The van der Waals surface area contributed by atoms with Crippen molar-refractivity contribution in [3.05, 3.63) is 29.8 Å². The zero-order chi connectivity index (χ0) is 11.4. The first-order chi connectivity index (χ1) is 7.81. The molecule has 0 bridgehead atoms. The van der Waals surface area contributed by atoms with Gasteiger partial charge in [-0.25, -0.2) is 0 Å². The van der Waals surface area contributed by atoms with Crippen LogP contribution in [0.3, 0.4) is 0 Å². The molecule has 1 aliphatic rings. The van der Waals surface area contributed by atoms with Gasteiger partial charge >= 0.3 is 0 Å². The maximum Gasteiger partial charge on any atom is 0.227 e. The predicted octanol–water partition coefficient (Wildman–Crippen LogP) is 3.38. The molecule has 0 fully saturated rings. The molecule has 1 heterocycles. The highest BCUT2D eigenvalue weighted by Crippen LogP contribution is 2.26. The zero-order valence-corrected chi connectivity index (χ0v) is 9.83. The smallest absolute Gasteiger partial charge is 0.227 e. The van der Waals surface area contributed by atoms with Gasteiger partial charge in [0.15, 0.2) is 0 Å². The van der Waals surface area contributed by atoms with E-state index in [0.717, 1.165) is 37.8 Å². The minimum absolute atomic E-state index is 0.201. The van der Waals surface area contributed by atoms with Crippen LogP contribution in [0.1, 0.15) is 38.2 Å². The largest absolute Gasteiger partial charge is 0.326 e. The number of hydrogen-bond donors (Lipinski definition) is 1. The van der Waals surface area contributed by atoms with Gasteiger partial charge in [-0.3, -0.25) is 4.79 Å². The van der Waals surface area contributed by atoms with E-state index in [0.29, 0.717) is 0 Å². The molecular weight excluding hydrogens is 198 g/mol. The second kappa shape index (κ2) is 5.15. The van der Waals surface area contributed by atoms with Crippen LogP contribution < -0.4 is 5.32 Å². The monoisotopic (exact) mass is 217 g/mol. The summed E-state index contributed by atoms with van der Waals surface area (Å²) in [6.45, 7) is 2.17. The topological polar surface area (TPSA) is 29.1 Å². The Morgan fingerprint density at radius 1 is 1.38 bits per heavy atom. The summed E-state index contributed by atoms with van der Waals surface area (Å²) in [5, 5.41) is 3.04. The molecule has 1 N–H and O–H groups in total. The van der Waals surface area contributed by atoms with Crippen molar-refractivity contribution < 1.29 is 4.79 Å². The van der Waals surface area contributed by atoms with Gasteiger partial charge < -0.3 is 5.32 Å². The van der Waals surface area contributed by atoms with Gasteiger partial charge in [-0.2, -0.15) is 0 Å². The fourth-order valence-electron chi connectivity index (χ4n) is 2.28. The maximum absolute atomic E-state index is 12.0. The van der Waals surface area contributed by atoms with E-state index in [2.05, 4.69) is 18.3 Å². The van der Waals surface area contributed by atoms with E-state index in [1.807, 2.05) is 18.2 Å². The quantitative estimate of drug-likeness (QED) is 0.826. The van der Waals surface area contributed by atoms with Crippen molar-refractivity contribution in [1.29, 1.82) is 0 Å². The van der Waals surface area contributed by atoms with Crippen LogP contribution in [0.25, 0.3) is 0 Å². The van der Waals surface area contributed by atoms with Crippen molar-refractivity contribution >= 4 is 11.6 Å². The first kappa shape index (κ1) is 11.2. The van der Waals surface area contributed by atoms with Crippen LogP contribution in [0, 0.1) is 5.92 Å². The molecule has 1 aromatic carbocycles. The molecule has 1 amide bonds. The van der Waals surface area contributed by atoms with E-state index in [1.165, 1.54) is 5.56 Å². The predicted molar refractivity (Wildman–Crippen MR) is 66.4 cm³/mol. The van der Waals surface area contributed by atoms with Crippen molar-refractivity contribution in [2.24, 2.45) is 5.92 Å². The Kier molecular flexibility index (Phi) is 3.60. The lowest BCUT2D eigenvalue weighted by molar-refractivity contribution is -0.120. The third kappa shape index (κ3) is 2.43. The number of para-hydroxylation sites is 1. The Morgan fingerprint density at radius 3 is 3.00 bits per heavy atom. The van der Waals surface area contributed by atoms with Crippen molar-refractivity contribution in [2.75, 3.05) is 5.32 Å². The Morgan fingerprint density at radius 2 is 2.19 bits per heavy atom. The lowest BCUT2D eigenvalue weighted by atomic mass is 9.95. The Hall–Kier alpha value is -1.31. The molecule has 2 nitrogen and oxygen atoms in total. The van der Waals surface area contributed by atoms with Gasteiger partial charge in [-0.1, -0.05) is 38.0 Å². The second-order valence-electron chi connectivity index (χ2n) is 4.52. The molecule has 0 spiro atoms. The minimum Gasteiger partial charge on any atom is -0.326 e. The molecule has 1 aromatic rings. The maximum atomic E-state index is 12.0. The third-order valence-electron chi connectivity index (χ3n) is 3.31. The van der Waals surface area contributed by atoms with Crippen molar-refractivity contribution in [2.45, 2.75) is 39.0 Å². The van der Waals surface area contributed by atoms with Crippen molar-refractivity contribution in [3.8, 4) is 0 Å². The van der Waals surface area contributed by atoms with Gasteiger partial charge in [0.2, 0.25) is 5.91 Å². The summed E-state index contributed by atoms with van der Waals surface area (Å²) < 4.78 is 0. The number of unbranched alkanes of at least 4 members (excludes halogenated alkanes) is 1. The molecule has 0 saturated heterocycles. The molecule has 86 valence electrons. The molecule has 0 saturated carbocycles. The normalized spacial score (nSPS) is 19.8. The zero-order valence-electron chi connectivity index (χ0n) is 9.83. The third-order valence-corrected chi connectivity index (χ3v) is 3.31. The van der Waals surface area contributed by atoms with Crippen LogP contribution in [0.4, 0.5) is 5.69 Å². The van der Waals surface area contributed by atoms with Gasteiger partial charge in [0.05, 0.1) is 0 Å². The standard InChI is InChI=1S/C14H19NO/c1-2-3-6-12-10-9-11-7-4-5-8-13(11)15-14(12)16/h4-5,7-8,12H,2-3,6,9-10H2,1H3,(H,15,16). The van der Waals surface area contributed by atoms with Crippen LogP contribution in [-0.4, -0.2) is 5.91 Å². The second-order valence-corrected chi connectivity index (χ2v) is 4.52. The van der Waals surface area contributed by atoms with Gasteiger partial charge in [-0.15, -0.1) is 0 Å². The average molecular weight is 217 g/mol. The first-order valence-electron chi connectivity index (χ1n) is 6.20. The van der Waals surface area contributed by atoms with E-state index in [1.54, 1.807) is 0 Å². The SMILES string of the molecule is CCCCC1CCc2ccccc2NC1=O. The summed E-state index contributed by atoms with van der Waals surface area (Å²) in [7, 11) is 0. The molecule has 1 aliphatic heterocycles. The van der Waals surface area contributed by atoms with Crippen LogP contribution >= 0.6 is 0 Å². The molecule has 0 aromatic heterocycles. The van der Waals surface area contributed by atoms with Crippen molar-refractivity contribution in [1.82, 2.24) is 0 Å². The van der Waals surface area contributed by atoms with E-state index < -0.39 is 0 Å². The Balaban J connectivity index is 2.09. The summed E-state index contributed by atoms with van der Waals surface area (Å²) in [6, 6.07) is 8.12. The fourth-order valence-corrected chi connectivity index (χ4v) is 2.28. The van der Waals surface area contributed by atoms with E-state index in [9.17, 15) is 4.79 Å².